The summed E-state index contributed by atoms with van der Waals surface area (Å²) in [5.74, 6) is 0.0620. The SMILES string of the molecule is Cc1c(C(C)(C)C)cc(C2CCC(C)(C)CC2)c2ccccc12.Cc1c(C(C)(C)C)cc(C2CCC(F)(F)CC2)c2ccccc12.Cc1c(C(C)(C)C)cc(C2CCCC2)c2ccccc12.Cc1c(C(C)(C)C)cc(C2CCCCC2)c2ccccc12.Cc1ccc2c(C)c(C(C)(C)C)cc(C(C)(C)C)c2n1. The molecule has 574 valence electrons. The van der Waals surface area contributed by atoms with Gasteiger partial charge in [0.05, 0.1) is 5.52 Å². The van der Waals surface area contributed by atoms with Crippen LogP contribution in [0.4, 0.5) is 8.78 Å². The lowest BCUT2D eigenvalue weighted by atomic mass is 9.69. The van der Waals surface area contributed by atoms with Gasteiger partial charge in [-0.1, -0.05) is 304 Å². The van der Waals surface area contributed by atoms with Crippen molar-refractivity contribution in [2.75, 3.05) is 0 Å². The first-order chi connectivity index (χ1) is 49.9. The van der Waals surface area contributed by atoms with Crippen LogP contribution in [0.3, 0.4) is 0 Å². The van der Waals surface area contributed by atoms with Crippen molar-refractivity contribution in [1.29, 1.82) is 0 Å². The van der Waals surface area contributed by atoms with Crippen molar-refractivity contribution in [3.63, 3.8) is 0 Å². The lowest BCUT2D eigenvalue weighted by Gasteiger charge is -2.36. The third kappa shape index (κ3) is 19.2. The number of hydrogen-bond donors (Lipinski definition) is 0. The molecule has 0 saturated heterocycles. The minimum atomic E-state index is -2.47. The molecule has 0 unspecified atom stereocenters. The first-order valence-corrected chi connectivity index (χ1v) is 41.8. The second-order valence-electron chi connectivity index (χ2n) is 40.6. The third-order valence-corrected chi connectivity index (χ3v) is 25.4. The molecule has 1 heterocycles. The Morgan fingerprint density at radius 2 is 0.523 bits per heavy atom. The molecule has 4 aliphatic rings. The minimum absolute atomic E-state index is 0.0186. The Morgan fingerprint density at radius 3 is 0.813 bits per heavy atom. The molecule has 3 heteroatoms. The Labute approximate surface area is 649 Å². The van der Waals surface area contributed by atoms with Crippen LogP contribution >= 0.6 is 0 Å². The monoisotopic (exact) mass is 1440 g/mol. The average Bonchev–Trinajstić information content (AvgIpc) is 1.73. The molecule has 4 aliphatic carbocycles. The highest BCUT2D eigenvalue weighted by molar-refractivity contribution is 5.94. The number of halogens is 2. The van der Waals surface area contributed by atoms with Gasteiger partial charge in [-0.2, -0.15) is 0 Å². The Kier molecular flexibility index (Phi) is 25.0. The summed E-state index contributed by atoms with van der Waals surface area (Å²) in [7, 11) is 0. The second-order valence-corrected chi connectivity index (χ2v) is 40.6. The molecule has 0 spiro atoms. The normalized spacial score (nSPS) is 17.3. The summed E-state index contributed by atoms with van der Waals surface area (Å²) in [5, 5.41) is 12.7. The summed E-state index contributed by atoms with van der Waals surface area (Å²) in [6.45, 7) is 59.6. The smallest absolute Gasteiger partial charge is 0.248 e. The first kappa shape index (κ1) is 82.8. The topological polar surface area (TPSA) is 12.9 Å². The molecule has 9 aromatic carbocycles. The standard InChI is InChI=1S/C23H32.C21H26F2.C21H28.C20H26.C19H27N/c1-16-18-9-7-8-10-19(18)20(15-21(16)22(2,3)4)17-11-13-23(5,6)14-12-17;1-14-16-7-5-6-8-17(16)18(13-19(14)20(2,3)4)15-9-11-21(22,23)12-10-15;1-15-17-12-8-9-13-18(17)19(14-20(15)21(2,3)4)16-10-6-5-7-11-16;1-14-16-11-7-8-12-17(16)18(15-9-5-6-10-15)13-19(14)20(2,3)4;1-12-9-10-14-13(2)15(18(3,4)5)11-16(17(14)20-12)19(6,7)8/h7-10,15,17H,11-14H2,1-6H3;5-8,13,15H,9-12H2,1-4H3;8-9,12-14,16H,5-7,10-11H2,1-4H3;7-8,11-13,15H,5-6,9-10H2,1-4H3;9-11H,1-8H3. The lowest BCUT2D eigenvalue weighted by molar-refractivity contribution is -0.0381. The van der Waals surface area contributed by atoms with Crippen LogP contribution in [0.1, 0.15) is 360 Å². The lowest BCUT2D eigenvalue weighted by Crippen LogP contribution is -2.24. The van der Waals surface area contributed by atoms with E-state index in [1.54, 1.807) is 16.7 Å². The van der Waals surface area contributed by atoms with Crippen molar-refractivity contribution in [3.8, 4) is 0 Å². The van der Waals surface area contributed by atoms with E-state index < -0.39 is 5.92 Å². The van der Waals surface area contributed by atoms with Crippen LogP contribution in [-0.4, -0.2) is 10.9 Å². The molecule has 0 N–H and O–H groups in total. The predicted molar refractivity (Wildman–Crippen MR) is 466 cm³/mol. The van der Waals surface area contributed by atoms with Gasteiger partial charge in [-0.15, -0.1) is 0 Å². The number of aromatic nitrogens is 1. The van der Waals surface area contributed by atoms with Crippen molar-refractivity contribution in [2.24, 2.45) is 5.41 Å². The molecule has 0 radical (unpaired) electrons. The van der Waals surface area contributed by atoms with Crippen molar-refractivity contribution in [1.82, 2.24) is 4.98 Å². The van der Waals surface area contributed by atoms with Crippen LogP contribution in [0, 0.1) is 47.0 Å². The van der Waals surface area contributed by atoms with E-state index in [0.29, 0.717) is 18.3 Å². The maximum absolute atomic E-state index is 13.5. The zero-order valence-electron chi connectivity index (χ0n) is 71.8. The summed E-state index contributed by atoms with van der Waals surface area (Å²) in [4.78, 5) is 4.83. The van der Waals surface area contributed by atoms with Crippen molar-refractivity contribution < 1.29 is 8.78 Å². The van der Waals surface area contributed by atoms with Gasteiger partial charge in [0, 0.05) is 23.9 Å². The highest BCUT2D eigenvalue weighted by atomic mass is 19.3. The predicted octanol–water partition coefficient (Wildman–Crippen LogP) is 31.9. The van der Waals surface area contributed by atoms with Gasteiger partial charge >= 0.3 is 0 Å². The number of aryl methyl sites for hydroxylation is 6. The maximum atomic E-state index is 13.5. The molecule has 1 nitrogen and oxygen atoms in total. The van der Waals surface area contributed by atoms with Crippen LogP contribution in [-0.2, 0) is 32.5 Å². The molecule has 14 rings (SSSR count). The first-order valence-electron chi connectivity index (χ1n) is 41.8. The Morgan fingerprint density at radius 1 is 0.280 bits per heavy atom. The fourth-order valence-corrected chi connectivity index (χ4v) is 19.3. The van der Waals surface area contributed by atoms with E-state index >= 15 is 0 Å². The zero-order chi connectivity index (χ0) is 78.3. The van der Waals surface area contributed by atoms with E-state index in [-0.39, 0.29) is 51.2 Å². The van der Waals surface area contributed by atoms with E-state index in [1.165, 1.54) is 204 Å². The fourth-order valence-electron chi connectivity index (χ4n) is 19.3. The van der Waals surface area contributed by atoms with Crippen molar-refractivity contribution >= 4 is 54.0 Å². The molecule has 0 amide bonds. The van der Waals surface area contributed by atoms with E-state index in [2.05, 4.69) is 320 Å². The largest absolute Gasteiger partial charge is 0.253 e. The fraction of sp³-hybridized carbons (Fsp3) is 0.529. The zero-order valence-corrected chi connectivity index (χ0v) is 71.8. The molecule has 4 saturated carbocycles. The summed E-state index contributed by atoms with van der Waals surface area (Å²) < 4.78 is 27.1. The van der Waals surface area contributed by atoms with Gasteiger partial charge in [0.2, 0.25) is 5.92 Å². The number of fused-ring (bicyclic) bond motifs is 5. The molecule has 0 atom stereocenters. The number of hydrogen-bond acceptors (Lipinski definition) is 1. The van der Waals surface area contributed by atoms with Crippen molar-refractivity contribution in [3.05, 3.63) is 229 Å². The number of nitrogens with zero attached hydrogens (tertiary/aromatic N) is 1. The van der Waals surface area contributed by atoms with Crippen LogP contribution in [0.15, 0.2) is 140 Å². The highest BCUT2D eigenvalue weighted by Crippen LogP contribution is 2.50. The Balaban J connectivity index is 0.000000143. The third-order valence-electron chi connectivity index (χ3n) is 25.4. The Hall–Kier alpha value is -6.71. The maximum Gasteiger partial charge on any atom is 0.248 e. The van der Waals surface area contributed by atoms with Gasteiger partial charge in [0.15, 0.2) is 0 Å². The summed E-state index contributed by atoms with van der Waals surface area (Å²) in [5.41, 5.74) is 25.6. The van der Waals surface area contributed by atoms with E-state index in [1.807, 2.05) is 0 Å². The summed E-state index contributed by atoms with van der Waals surface area (Å²) >= 11 is 0. The van der Waals surface area contributed by atoms with Gasteiger partial charge in [-0.3, -0.25) is 4.98 Å². The Bertz CT molecular complexity index is 4610. The molecule has 0 bridgehead atoms. The average molecular weight is 1440 g/mol. The number of pyridine rings is 1. The summed E-state index contributed by atoms with van der Waals surface area (Å²) in [6, 6.07) is 52.1. The molecule has 1 aromatic heterocycles. The molecule has 107 heavy (non-hydrogen) atoms. The quantitative estimate of drug-likeness (QED) is 0.171. The van der Waals surface area contributed by atoms with Gasteiger partial charge in [-0.05, 0) is 300 Å². The van der Waals surface area contributed by atoms with Gasteiger partial charge < -0.3 is 0 Å². The number of benzene rings is 9. The van der Waals surface area contributed by atoms with Gasteiger partial charge in [0.25, 0.3) is 0 Å². The van der Waals surface area contributed by atoms with Gasteiger partial charge in [0.1, 0.15) is 0 Å². The van der Waals surface area contributed by atoms with Crippen LogP contribution < -0.4 is 0 Å². The number of alkyl halides is 2. The second kappa shape index (κ2) is 32.3. The molecule has 0 aliphatic heterocycles. The van der Waals surface area contributed by atoms with Crippen LogP contribution in [0.25, 0.3) is 54.0 Å². The molecule has 4 fully saturated rings. The molecular formula is C104H139F2N. The number of rotatable bonds is 4. The van der Waals surface area contributed by atoms with Crippen LogP contribution in [0.5, 0.6) is 0 Å². The summed E-state index contributed by atoms with van der Waals surface area (Å²) in [6.07, 6.45) is 19.1. The van der Waals surface area contributed by atoms with E-state index in [0.717, 1.165) is 23.4 Å². The van der Waals surface area contributed by atoms with Crippen LogP contribution in [0.2, 0.25) is 0 Å². The van der Waals surface area contributed by atoms with E-state index in [9.17, 15) is 8.78 Å². The van der Waals surface area contributed by atoms with Gasteiger partial charge in [-0.25, -0.2) is 8.78 Å². The molecular weight excluding hydrogens is 1300 g/mol. The minimum Gasteiger partial charge on any atom is -0.253 e. The molecule has 10 aromatic rings. The van der Waals surface area contributed by atoms with Crippen molar-refractivity contribution in [2.45, 2.75) is 351 Å². The van der Waals surface area contributed by atoms with E-state index in [4.69, 9.17) is 4.98 Å². The highest BCUT2D eigenvalue weighted by Gasteiger charge is 2.37.